The first-order valence-electron chi connectivity index (χ1n) is 11.5. The average Bonchev–Trinajstić information content (AvgIpc) is 3.43. The highest BCUT2D eigenvalue weighted by Crippen LogP contribution is 2.60. The van der Waals surface area contributed by atoms with E-state index < -0.39 is 10.6 Å². The number of carbonyl (C=O) groups excluding carboxylic acids is 2. The minimum absolute atomic E-state index is 0.0188. The van der Waals surface area contributed by atoms with Crippen molar-refractivity contribution < 1.29 is 28.2 Å². The summed E-state index contributed by atoms with van der Waals surface area (Å²) >= 11 is 0. The molecular weight excluding hydrogens is 460 g/mol. The summed E-state index contributed by atoms with van der Waals surface area (Å²) in [5.41, 5.74) is 2.42. The van der Waals surface area contributed by atoms with Gasteiger partial charge in [0.25, 0.3) is 5.91 Å². The summed E-state index contributed by atoms with van der Waals surface area (Å²) in [6.07, 6.45) is 0.831. The van der Waals surface area contributed by atoms with E-state index in [1.807, 2.05) is 16.8 Å². The van der Waals surface area contributed by atoms with Crippen LogP contribution in [-0.4, -0.2) is 93.1 Å². The molecule has 184 valence electrons. The summed E-state index contributed by atoms with van der Waals surface area (Å²) < 4.78 is 34.3. The van der Waals surface area contributed by atoms with Gasteiger partial charge >= 0.3 is 5.97 Å². The number of fused-ring (bicyclic) bond motifs is 3. The minimum atomic E-state index is -3.09. The predicted octanol–water partition coefficient (Wildman–Crippen LogP) is 2.46. The molecule has 1 amide bonds. The van der Waals surface area contributed by atoms with Gasteiger partial charge in [-0.1, -0.05) is 18.2 Å². The third-order valence-electron chi connectivity index (χ3n) is 6.66. The van der Waals surface area contributed by atoms with Crippen molar-refractivity contribution in [1.82, 2.24) is 19.6 Å². The second-order valence-corrected chi connectivity index (χ2v) is 11.0. The molecule has 1 aromatic heterocycles. The Kier molecular flexibility index (Phi) is 6.38. The van der Waals surface area contributed by atoms with Crippen molar-refractivity contribution in [2.24, 2.45) is 0 Å². The maximum atomic E-state index is 13.5. The van der Waals surface area contributed by atoms with Gasteiger partial charge in [-0.25, -0.2) is 0 Å². The molecule has 3 aliphatic rings. The van der Waals surface area contributed by atoms with E-state index in [-0.39, 0.29) is 23.7 Å². The fourth-order valence-electron chi connectivity index (χ4n) is 5.00. The molecule has 2 N–H and O–H groups in total. The van der Waals surface area contributed by atoms with Crippen LogP contribution >= 0.6 is 10.6 Å². The van der Waals surface area contributed by atoms with Gasteiger partial charge in [0, 0.05) is 50.8 Å². The van der Waals surface area contributed by atoms with Crippen molar-refractivity contribution in [3.05, 3.63) is 35.5 Å². The number of aromatic nitrogens is 2. The van der Waals surface area contributed by atoms with Crippen LogP contribution in [0.4, 0.5) is 0 Å². The molecule has 11 heteroatoms. The zero-order chi connectivity index (χ0) is 23.9. The zero-order valence-electron chi connectivity index (χ0n) is 19.2. The second-order valence-electron chi connectivity index (χ2n) is 8.92. The Labute approximate surface area is 199 Å². The molecule has 34 heavy (non-hydrogen) atoms. The third kappa shape index (κ3) is 4.34. The Morgan fingerprint density at radius 3 is 2.74 bits per heavy atom. The average molecular weight is 491 g/mol. The summed E-state index contributed by atoms with van der Waals surface area (Å²) in [5, 5.41) is 4.82. The van der Waals surface area contributed by atoms with Gasteiger partial charge in [0.2, 0.25) is 0 Å². The number of carbonyl (C=O) groups is 2. The monoisotopic (exact) mass is 490 g/mol. The number of hydrogen-bond acceptors (Lipinski definition) is 8. The number of rotatable bonds is 5. The fourth-order valence-corrected chi connectivity index (χ4v) is 6.65. The Morgan fingerprint density at radius 2 is 1.97 bits per heavy atom. The molecule has 3 aliphatic heterocycles. The van der Waals surface area contributed by atoms with Crippen LogP contribution in [0.25, 0.3) is 11.3 Å². The number of hydrogen-bond donors (Lipinski definition) is 2. The van der Waals surface area contributed by atoms with Crippen LogP contribution in [0.15, 0.2) is 29.2 Å². The van der Waals surface area contributed by atoms with Gasteiger partial charge in [0.15, 0.2) is 5.69 Å². The van der Waals surface area contributed by atoms with Crippen molar-refractivity contribution in [3.63, 3.8) is 0 Å². The molecule has 5 rings (SSSR count). The van der Waals surface area contributed by atoms with Crippen LogP contribution in [0.2, 0.25) is 0 Å². The summed E-state index contributed by atoms with van der Waals surface area (Å²) in [6, 6.07) is 7.30. The Bertz CT molecular complexity index is 1100. The lowest BCUT2D eigenvalue weighted by Crippen LogP contribution is -2.41. The summed E-state index contributed by atoms with van der Waals surface area (Å²) in [4.78, 5) is 29.0. The Morgan fingerprint density at radius 1 is 1.21 bits per heavy atom. The van der Waals surface area contributed by atoms with E-state index in [1.165, 1.54) is 6.92 Å². The standard InChI is InChI=1S/C23H30N4O6S/c1-16(28)33-13-8-25-7-6-17(14-25)27-22-18-4-2-3-5-20(18)34(30,31)15-19(22)21(24-27)23(29)26-9-11-32-12-10-26/h2-5,17,30-31H,6-15H2,1H3. The molecule has 0 aliphatic carbocycles. The first-order valence-corrected chi connectivity index (χ1v) is 13.3. The van der Waals surface area contributed by atoms with E-state index in [4.69, 9.17) is 14.6 Å². The molecular formula is C23H30N4O6S. The van der Waals surface area contributed by atoms with Crippen molar-refractivity contribution in [2.75, 3.05) is 52.5 Å². The van der Waals surface area contributed by atoms with Crippen LogP contribution in [0.3, 0.4) is 0 Å². The highest BCUT2D eigenvalue weighted by atomic mass is 32.3. The van der Waals surface area contributed by atoms with E-state index in [9.17, 15) is 18.7 Å². The third-order valence-corrected chi connectivity index (χ3v) is 8.41. The smallest absolute Gasteiger partial charge is 0.302 e. The maximum Gasteiger partial charge on any atom is 0.302 e. The molecule has 1 unspecified atom stereocenters. The van der Waals surface area contributed by atoms with Crippen molar-refractivity contribution >= 4 is 22.5 Å². The molecule has 0 saturated carbocycles. The molecule has 2 aromatic rings. The van der Waals surface area contributed by atoms with Crippen LogP contribution in [0.5, 0.6) is 0 Å². The number of esters is 1. The molecule has 0 bridgehead atoms. The van der Waals surface area contributed by atoms with Gasteiger partial charge in [-0.15, -0.1) is 0 Å². The predicted molar refractivity (Wildman–Crippen MR) is 126 cm³/mol. The molecule has 1 atom stereocenters. The summed E-state index contributed by atoms with van der Waals surface area (Å²) in [6.45, 7) is 5.83. The maximum absolute atomic E-state index is 13.5. The van der Waals surface area contributed by atoms with E-state index in [2.05, 4.69) is 4.90 Å². The van der Waals surface area contributed by atoms with Gasteiger partial charge in [0.1, 0.15) is 6.61 Å². The van der Waals surface area contributed by atoms with Crippen LogP contribution in [0, 0.1) is 0 Å². The number of morpholine rings is 1. The summed E-state index contributed by atoms with van der Waals surface area (Å²) in [7, 11) is -3.09. The van der Waals surface area contributed by atoms with Crippen LogP contribution in [-0.2, 0) is 20.0 Å². The zero-order valence-corrected chi connectivity index (χ0v) is 20.0. The first-order chi connectivity index (χ1) is 16.3. The van der Waals surface area contributed by atoms with Gasteiger partial charge in [-0.05, 0) is 12.5 Å². The molecule has 0 radical (unpaired) electrons. The molecule has 2 saturated heterocycles. The number of benzene rings is 1. The molecule has 0 spiro atoms. The lowest BCUT2D eigenvalue weighted by Gasteiger charge is -2.38. The highest BCUT2D eigenvalue weighted by Gasteiger charge is 2.39. The van der Waals surface area contributed by atoms with Gasteiger partial charge < -0.3 is 14.4 Å². The van der Waals surface area contributed by atoms with E-state index >= 15 is 0 Å². The fraction of sp³-hybridized carbons (Fsp3) is 0.522. The topological polar surface area (TPSA) is 117 Å². The van der Waals surface area contributed by atoms with Crippen molar-refractivity contribution in [3.8, 4) is 11.3 Å². The molecule has 4 heterocycles. The van der Waals surface area contributed by atoms with Gasteiger partial charge in [0.05, 0.1) is 35.6 Å². The van der Waals surface area contributed by atoms with Crippen LogP contribution in [0.1, 0.15) is 35.4 Å². The largest absolute Gasteiger partial charge is 0.465 e. The first kappa shape index (κ1) is 23.3. The minimum Gasteiger partial charge on any atom is -0.465 e. The van der Waals surface area contributed by atoms with Crippen LogP contribution < -0.4 is 0 Å². The SMILES string of the molecule is CC(=O)OCCN1CCC(n2nc(C(=O)N3CCOCC3)c3c2-c2ccccc2S(O)(O)C3)C1. The van der Waals surface area contributed by atoms with Gasteiger partial charge in [-0.3, -0.25) is 28.3 Å². The normalized spacial score (nSPS) is 22.7. The molecule has 2 fully saturated rings. The molecule has 1 aromatic carbocycles. The number of ether oxygens (including phenoxy) is 2. The lowest BCUT2D eigenvalue weighted by atomic mass is 10.0. The Hall–Kier alpha value is -2.44. The van der Waals surface area contributed by atoms with Gasteiger partial charge in [-0.2, -0.15) is 15.7 Å². The summed E-state index contributed by atoms with van der Waals surface area (Å²) in [5.74, 6) is -0.510. The highest BCUT2D eigenvalue weighted by molar-refractivity contribution is 8.23. The van der Waals surface area contributed by atoms with E-state index in [1.54, 1.807) is 17.0 Å². The van der Waals surface area contributed by atoms with Crippen molar-refractivity contribution in [1.29, 1.82) is 0 Å². The number of likely N-dealkylation sites (tertiary alicyclic amines) is 1. The van der Waals surface area contributed by atoms with E-state index in [0.717, 1.165) is 24.2 Å². The second kappa shape index (κ2) is 9.31. The Balaban J connectivity index is 1.51. The van der Waals surface area contributed by atoms with Crippen molar-refractivity contribution in [2.45, 2.75) is 30.0 Å². The number of nitrogens with zero attached hydrogens (tertiary/aromatic N) is 4. The quantitative estimate of drug-likeness (QED) is 0.614. The molecule has 10 nitrogen and oxygen atoms in total. The van der Waals surface area contributed by atoms with E-state index in [0.29, 0.717) is 62.2 Å². The number of amides is 1. The lowest BCUT2D eigenvalue weighted by molar-refractivity contribution is -0.141.